The molecule has 2 aromatic heterocycles. The van der Waals surface area contributed by atoms with Crippen molar-refractivity contribution in [3.05, 3.63) is 89.7 Å². The first-order chi connectivity index (χ1) is 17.4. The summed E-state index contributed by atoms with van der Waals surface area (Å²) in [7, 11) is 0. The van der Waals surface area contributed by atoms with E-state index in [0.29, 0.717) is 28.3 Å². The third-order valence-electron chi connectivity index (χ3n) is 6.01. The predicted octanol–water partition coefficient (Wildman–Crippen LogP) is 6.29. The van der Waals surface area contributed by atoms with Crippen molar-refractivity contribution in [2.45, 2.75) is 26.4 Å². The molecule has 0 bridgehead atoms. The molecule has 0 saturated heterocycles. The molecule has 180 valence electrons. The molecule has 36 heavy (non-hydrogen) atoms. The molecular formula is C28H23N3O5. The summed E-state index contributed by atoms with van der Waals surface area (Å²) in [5.74, 6) is -0.477. The van der Waals surface area contributed by atoms with Crippen LogP contribution >= 0.6 is 0 Å². The molecule has 0 fully saturated rings. The second kappa shape index (κ2) is 9.50. The highest BCUT2D eigenvalue weighted by atomic mass is 16.6. The van der Waals surface area contributed by atoms with Gasteiger partial charge in [-0.15, -0.1) is 0 Å². The van der Waals surface area contributed by atoms with Crippen LogP contribution in [0.3, 0.4) is 0 Å². The van der Waals surface area contributed by atoms with E-state index in [0.717, 1.165) is 27.2 Å². The van der Waals surface area contributed by atoms with Gasteiger partial charge in [-0.25, -0.2) is 4.79 Å². The Labute approximate surface area is 206 Å². The molecule has 0 saturated carbocycles. The number of rotatable bonds is 6. The first-order valence-corrected chi connectivity index (χ1v) is 11.4. The van der Waals surface area contributed by atoms with Gasteiger partial charge in [0.05, 0.1) is 11.9 Å². The molecule has 2 heterocycles. The van der Waals surface area contributed by atoms with Crippen LogP contribution in [-0.2, 0) is 16.0 Å². The molecule has 0 aliphatic rings. The van der Waals surface area contributed by atoms with E-state index in [4.69, 9.17) is 14.4 Å². The first-order valence-electron chi connectivity index (χ1n) is 11.4. The lowest BCUT2D eigenvalue weighted by atomic mass is 10.0. The van der Waals surface area contributed by atoms with Crippen LogP contribution in [0, 0.1) is 6.92 Å². The summed E-state index contributed by atoms with van der Waals surface area (Å²) in [6.07, 6.45) is 0.644. The zero-order valence-electron chi connectivity index (χ0n) is 19.7. The summed E-state index contributed by atoms with van der Waals surface area (Å²) in [4.78, 5) is 28.2. The van der Waals surface area contributed by atoms with E-state index in [1.807, 2.05) is 66.7 Å². The van der Waals surface area contributed by atoms with Gasteiger partial charge in [-0.1, -0.05) is 59.8 Å². The molecule has 0 aliphatic heterocycles. The fourth-order valence-electron chi connectivity index (χ4n) is 4.19. The number of aliphatic carboxylic acids is 1. The lowest BCUT2D eigenvalue weighted by Gasteiger charge is -2.14. The summed E-state index contributed by atoms with van der Waals surface area (Å²) >= 11 is 0. The van der Waals surface area contributed by atoms with E-state index >= 15 is 0 Å². The molecule has 1 atom stereocenters. The van der Waals surface area contributed by atoms with Gasteiger partial charge in [-0.2, -0.15) is 0 Å². The van der Waals surface area contributed by atoms with Crippen molar-refractivity contribution in [2.75, 3.05) is 5.32 Å². The minimum absolute atomic E-state index is 0.0416. The van der Waals surface area contributed by atoms with E-state index in [9.17, 15) is 9.59 Å². The molecule has 0 aliphatic carbocycles. The number of hydrogen-bond acceptors (Lipinski definition) is 6. The van der Waals surface area contributed by atoms with Crippen LogP contribution in [0.4, 0.5) is 10.5 Å². The minimum atomic E-state index is -0.877. The van der Waals surface area contributed by atoms with Crippen molar-refractivity contribution in [3.8, 4) is 11.3 Å². The van der Waals surface area contributed by atoms with Crippen LogP contribution in [0.1, 0.15) is 29.8 Å². The SMILES string of the molecule is Cc1noc(-c2ccc3c(c2)ncc2cc(CC(=O)O)ccc23)c1NC(=O)OC(C)c1ccccc1. The maximum atomic E-state index is 12.6. The highest BCUT2D eigenvalue weighted by Gasteiger charge is 2.20. The van der Waals surface area contributed by atoms with Gasteiger partial charge < -0.3 is 14.4 Å². The summed E-state index contributed by atoms with van der Waals surface area (Å²) < 4.78 is 11.1. The molecule has 1 amide bonds. The maximum absolute atomic E-state index is 12.6. The van der Waals surface area contributed by atoms with Crippen molar-refractivity contribution >= 4 is 39.4 Å². The summed E-state index contributed by atoms with van der Waals surface area (Å²) in [5.41, 5.74) is 3.98. The number of carboxylic acids is 1. The Hall–Kier alpha value is -4.72. The molecule has 0 radical (unpaired) electrons. The number of fused-ring (bicyclic) bond motifs is 3. The van der Waals surface area contributed by atoms with Gasteiger partial charge in [0.2, 0.25) is 0 Å². The monoisotopic (exact) mass is 481 g/mol. The highest BCUT2D eigenvalue weighted by Crippen LogP contribution is 2.34. The summed E-state index contributed by atoms with van der Waals surface area (Å²) in [5, 5.41) is 18.6. The largest absolute Gasteiger partial charge is 0.481 e. The number of carbonyl (C=O) groups is 2. The number of pyridine rings is 1. The number of carbonyl (C=O) groups excluding carboxylic acids is 1. The zero-order chi connectivity index (χ0) is 25.2. The van der Waals surface area contributed by atoms with Crippen LogP contribution in [-0.4, -0.2) is 27.3 Å². The van der Waals surface area contributed by atoms with E-state index in [1.165, 1.54) is 0 Å². The lowest BCUT2D eigenvalue weighted by Crippen LogP contribution is -2.16. The van der Waals surface area contributed by atoms with Crippen molar-refractivity contribution in [3.63, 3.8) is 0 Å². The van der Waals surface area contributed by atoms with Crippen LogP contribution in [0.15, 0.2) is 77.4 Å². The van der Waals surface area contributed by atoms with Gasteiger partial charge in [-0.05, 0) is 42.5 Å². The van der Waals surface area contributed by atoms with Gasteiger partial charge in [-0.3, -0.25) is 15.1 Å². The Morgan fingerprint density at radius 3 is 2.61 bits per heavy atom. The normalized spacial score (nSPS) is 11.9. The van der Waals surface area contributed by atoms with Crippen molar-refractivity contribution in [1.29, 1.82) is 0 Å². The topological polar surface area (TPSA) is 115 Å². The van der Waals surface area contributed by atoms with Crippen LogP contribution in [0.5, 0.6) is 0 Å². The fraction of sp³-hybridized carbons (Fsp3) is 0.143. The summed E-state index contributed by atoms with van der Waals surface area (Å²) in [6, 6.07) is 20.7. The standard InChI is InChI=1S/C28H23N3O5/c1-16-26(30-28(34)35-17(2)19-6-4-3-5-7-19)27(36-31-16)20-9-11-23-22-10-8-18(13-25(32)33)12-21(22)15-29-24(23)14-20/h3-12,14-15,17H,13H2,1-2H3,(H,30,34)(H,32,33). The fourth-order valence-corrected chi connectivity index (χ4v) is 4.19. The lowest BCUT2D eigenvalue weighted by molar-refractivity contribution is -0.136. The number of carboxylic acid groups (broad SMARTS) is 1. The Morgan fingerprint density at radius 2 is 1.83 bits per heavy atom. The molecular weight excluding hydrogens is 458 g/mol. The Balaban J connectivity index is 1.42. The van der Waals surface area contributed by atoms with Crippen molar-refractivity contribution in [1.82, 2.24) is 10.1 Å². The number of amides is 1. The highest BCUT2D eigenvalue weighted by molar-refractivity contribution is 6.07. The van der Waals surface area contributed by atoms with Crippen LogP contribution in [0.25, 0.3) is 33.0 Å². The van der Waals surface area contributed by atoms with E-state index < -0.39 is 18.2 Å². The molecule has 0 spiro atoms. The number of benzene rings is 3. The van der Waals surface area contributed by atoms with Gasteiger partial charge in [0.1, 0.15) is 17.5 Å². The number of ether oxygens (including phenoxy) is 1. The van der Waals surface area contributed by atoms with Crippen molar-refractivity contribution < 1.29 is 24.0 Å². The molecule has 5 rings (SSSR count). The van der Waals surface area contributed by atoms with Crippen LogP contribution in [0.2, 0.25) is 0 Å². The zero-order valence-corrected chi connectivity index (χ0v) is 19.7. The van der Waals surface area contributed by atoms with E-state index in [2.05, 4.69) is 15.5 Å². The Morgan fingerprint density at radius 1 is 1.06 bits per heavy atom. The molecule has 5 aromatic rings. The van der Waals surface area contributed by atoms with Gasteiger partial charge in [0, 0.05) is 22.5 Å². The minimum Gasteiger partial charge on any atom is -0.481 e. The second-order valence-corrected chi connectivity index (χ2v) is 8.54. The third kappa shape index (κ3) is 4.61. The smallest absolute Gasteiger partial charge is 0.412 e. The Bertz CT molecular complexity index is 1590. The van der Waals surface area contributed by atoms with E-state index in [-0.39, 0.29) is 6.42 Å². The average molecular weight is 482 g/mol. The molecule has 1 unspecified atom stereocenters. The molecule has 3 aromatic carbocycles. The second-order valence-electron chi connectivity index (χ2n) is 8.54. The average Bonchev–Trinajstić information content (AvgIpc) is 3.23. The van der Waals surface area contributed by atoms with Crippen LogP contribution < -0.4 is 5.32 Å². The molecule has 2 N–H and O–H groups in total. The molecule has 8 nitrogen and oxygen atoms in total. The first kappa shape index (κ1) is 23.0. The van der Waals surface area contributed by atoms with Gasteiger partial charge in [0.15, 0.2) is 5.76 Å². The number of nitrogens with zero attached hydrogens (tertiary/aromatic N) is 2. The van der Waals surface area contributed by atoms with E-state index in [1.54, 1.807) is 20.0 Å². The number of aromatic nitrogens is 2. The predicted molar refractivity (Wildman–Crippen MR) is 136 cm³/mol. The maximum Gasteiger partial charge on any atom is 0.412 e. The number of hydrogen-bond donors (Lipinski definition) is 2. The Kier molecular flexibility index (Phi) is 6.08. The van der Waals surface area contributed by atoms with Crippen molar-refractivity contribution in [2.24, 2.45) is 0 Å². The van der Waals surface area contributed by atoms with Gasteiger partial charge >= 0.3 is 12.1 Å². The quantitative estimate of drug-likeness (QED) is 0.274. The third-order valence-corrected chi connectivity index (χ3v) is 6.01. The molecule has 8 heteroatoms. The van der Waals surface area contributed by atoms with Gasteiger partial charge in [0.25, 0.3) is 0 Å². The number of anilines is 1. The number of aryl methyl sites for hydroxylation is 1. The summed E-state index contributed by atoms with van der Waals surface area (Å²) in [6.45, 7) is 3.55. The number of nitrogens with one attached hydrogen (secondary N) is 1.